The van der Waals surface area contributed by atoms with Crippen molar-refractivity contribution in [3.8, 4) is 0 Å². The summed E-state index contributed by atoms with van der Waals surface area (Å²) in [7, 11) is 0. The predicted molar refractivity (Wildman–Crippen MR) is 124 cm³/mol. The van der Waals surface area contributed by atoms with Gasteiger partial charge in [-0.25, -0.2) is 0 Å². The molecule has 1 aliphatic heterocycles. The summed E-state index contributed by atoms with van der Waals surface area (Å²) < 4.78 is 0. The zero-order chi connectivity index (χ0) is 22.2. The molecule has 0 bridgehead atoms. The molecule has 4 rings (SSSR count). The van der Waals surface area contributed by atoms with E-state index in [1.54, 1.807) is 4.90 Å². The highest BCUT2D eigenvalue weighted by atomic mass is 16.2. The first-order chi connectivity index (χ1) is 14.8. The number of hydrogen-bond donors (Lipinski definition) is 1. The maximum absolute atomic E-state index is 13.6. The zero-order valence-electron chi connectivity index (χ0n) is 18.5. The summed E-state index contributed by atoms with van der Waals surface area (Å²) in [5.74, 6) is -0.296. The predicted octanol–water partition coefficient (Wildman–Crippen LogP) is 4.89. The van der Waals surface area contributed by atoms with Gasteiger partial charge in [0.1, 0.15) is 5.54 Å². The van der Waals surface area contributed by atoms with E-state index in [0.29, 0.717) is 18.5 Å². The van der Waals surface area contributed by atoms with Crippen molar-refractivity contribution >= 4 is 17.5 Å². The monoisotopic (exact) mass is 412 g/mol. The van der Waals surface area contributed by atoms with Crippen LogP contribution < -0.4 is 10.2 Å². The molecule has 3 aromatic carbocycles. The van der Waals surface area contributed by atoms with Gasteiger partial charge >= 0.3 is 0 Å². The highest BCUT2D eigenvalue weighted by Gasteiger charge is 2.47. The van der Waals surface area contributed by atoms with Gasteiger partial charge in [-0.15, -0.1) is 0 Å². The van der Waals surface area contributed by atoms with Crippen LogP contribution in [-0.4, -0.2) is 17.4 Å². The van der Waals surface area contributed by atoms with Gasteiger partial charge in [0.25, 0.3) is 5.91 Å². The van der Waals surface area contributed by atoms with Crippen LogP contribution >= 0.6 is 0 Å². The minimum atomic E-state index is -1.03. The van der Waals surface area contributed by atoms with Crippen LogP contribution in [0.3, 0.4) is 0 Å². The molecule has 1 N–H and O–H groups in total. The van der Waals surface area contributed by atoms with Crippen molar-refractivity contribution in [3.05, 3.63) is 100 Å². The van der Waals surface area contributed by atoms with E-state index >= 15 is 0 Å². The molecule has 3 aromatic rings. The molecule has 0 saturated carbocycles. The third kappa shape index (κ3) is 3.98. The molecule has 0 radical (unpaired) electrons. The molecule has 1 heterocycles. The van der Waals surface area contributed by atoms with Gasteiger partial charge in [-0.1, -0.05) is 54.1 Å². The first-order valence-corrected chi connectivity index (χ1v) is 10.6. The quantitative estimate of drug-likeness (QED) is 0.663. The Bertz CT molecular complexity index is 1130. The lowest BCUT2D eigenvalue weighted by atomic mass is 9.82. The molecule has 4 heteroatoms. The van der Waals surface area contributed by atoms with E-state index in [-0.39, 0.29) is 11.8 Å². The largest absolute Gasteiger partial charge is 0.350 e. The molecule has 4 nitrogen and oxygen atoms in total. The second-order valence-corrected chi connectivity index (χ2v) is 8.76. The van der Waals surface area contributed by atoms with Crippen LogP contribution in [0.4, 0.5) is 5.69 Å². The third-order valence-corrected chi connectivity index (χ3v) is 6.01. The summed E-state index contributed by atoms with van der Waals surface area (Å²) in [6, 6.07) is 21.7. The normalized spacial score (nSPS) is 17.9. The Kier molecular flexibility index (Phi) is 5.40. The molecule has 0 fully saturated rings. The fraction of sp³-hybridized carbons (Fsp3) is 0.259. The third-order valence-electron chi connectivity index (χ3n) is 6.01. The minimum Gasteiger partial charge on any atom is -0.350 e. The van der Waals surface area contributed by atoms with Crippen LogP contribution in [0, 0.1) is 20.8 Å². The van der Waals surface area contributed by atoms with E-state index in [1.165, 1.54) is 5.56 Å². The number of anilines is 1. The SMILES string of the molecule is Cc1ccc(CNC(=O)C2(C)Cc3ccccc3C(=O)N2c2cc(C)cc(C)c2)cc1. The van der Waals surface area contributed by atoms with E-state index in [2.05, 4.69) is 11.4 Å². The van der Waals surface area contributed by atoms with E-state index in [4.69, 9.17) is 0 Å². The summed E-state index contributed by atoms with van der Waals surface area (Å²) >= 11 is 0. The Morgan fingerprint density at radius 3 is 2.26 bits per heavy atom. The van der Waals surface area contributed by atoms with Crippen molar-refractivity contribution in [1.82, 2.24) is 5.32 Å². The molecule has 2 amide bonds. The number of carbonyl (C=O) groups is 2. The van der Waals surface area contributed by atoms with Crippen LogP contribution in [0.1, 0.15) is 45.1 Å². The van der Waals surface area contributed by atoms with Crippen molar-refractivity contribution in [3.63, 3.8) is 0 Å². The fourth-order valence-corrected chi connectivity index (χ4v) is 4.42. The van der Waals surface area contributed by atoms with Gasteiger partial charge < -0.3 is 5.32 Å². The van der Waals surface area contributed by atoms with E-state index in [1.807, 2.05) is 88.4 Å². The Labute approximate surface area is 183 Å². The number of carbonyl (C=O) groups excluding carboxylic acids is 2. The molecular formula is C27H28N2O2. The summed E-state index contributed by atoms with van der Waals surface area (Å²) in [5, 5.41) is 3.08. The number of rotatable bonds is 4. The van der Waals surface area contributed by atoms with E-state index in [9.17, 15) is 9.59 Å². The molecular weight excluding hydrogens is 384 g/mol. The van der Waals surface area contributed by atoms with Gasteiger partial charge in [-0.3, -0.25) is 14.5 Å². The molecule has 0 aliphatic carbocycles. The number of hydrogen-bond acceptors (Lipinski definition) is 2. The molecule has 0 aromatic heterocycles. The first kappa shape index (κ1) is 20.9. The van der Waals surface area contributed by atoms with Gasteiger partial charge in [0, 0.05) is 24.2 Å². The van der Waals surface area contributed by atoms with Crippen LogP contribution in [0.25, 0.3) is 0 Å². The Morgan fingerprint density at radius 2 is 1.58 bits per heavy atom. The number of nitrogens with zero attached hydrogens (tertiary/aromatic N) is 1. The molecule has 1 atom stereocenters. The number of aryl methyl sites for hydroxylation is 3. The first-order valence-electron chi connectivity index (χ1n) is 10.6. The fourth-order valence-electron chi connectivity index (χ4n) is 4.42. The molecule has 1 unspecified atom stereocenters. The zero-order valence-corrected chi connectivity index (χ0v) is 18.5. The van der Waals surface area contributed by atoms with Crippen LogP contribution in [0.15, 0.2) is 66.7 Å². The second-order valence-electron chi connectivity index (χ2n) is 8.76. The smallest absolute Gasteiger partial charge is 0.259 e. The van der Waals surface area contributed by atoms with Crippen molar-refractivity contribution in [1.29, 1.82) is 0 Å². The van der Waals surface area contributed by atoms with Crippen molar-refractivity contribution in [2.45, 2.75) is 46.2 Å². The topological polar surface area (TPSA) is 49.4 Å². The summed E-state index contributed by atoms with van der Waals surface area (Å²) in [6.07, 6.45) is 0.460. The summed E-state index contributed by atoms with van der Waals surface area (Å²) in [5.41, 5.74) is 5.61. The van der Waals surface area contributed by atoms with Crippen molar-refractivity contribution < 1.29 is 9.59 Å². The summed E-state index contributed by atoms with van der Waals surface area (Å²) in [6.45, 7) is 8.34. The van der Waals surface area contributed by atoms with Gasteiger partial charge in [0.2, 0.25) is 5.91 Å². The molecule has 0 saturated heterocycles. The lowest BCUT2D eigenvalue weighted by molar-refractivity contribution is -0.126. The lowest BCUT2D eigenvalue weighted by Crippen LogP contribution is -2.63. The van der Waals surface area contributed by atoms with E-state index in [0.717, 1.165) is 27.9 Å². The van der Waals surface area contributed by atoms with Crippen LogP contribution in [-0.2, 0) is 17.8 Å². The average molecular weight is 413 g/mol. The summed E-state index contributed by atoms with van der Waals surface area (Å²) in [4.78, 5) is 28.9. The Morgan fingerprint density at radius 1 is 0.935 bits per heavy atom. The van der Waals surface area contributed by atoms with Gasteiger partial charge in [-0.05, 0) is 68.1 Å². The number of fused-ring (bicyclic) bond motifs is 1. The van der Waals surface area contributed by atoms with Crippen molar-refractivity contribution in [2.24, 2.45) is 0 Å². The van der Waals surface area contributed by atoms with Gasteiger partial charge in [0.15, 0.2) is 0 Å². The maximum atomic E-state index is 13.6. The minimum absolute atomic E-state index is 0.139. The number of benzene rings is 3. The Balaban J connectivity index is 1.73. The van der Waals surface area contributed by atoms with E-state index < -0.39 is 5.54 Å². The highest BCUT2D eigenvalue weighted by molar-refractivity contribution is 6.14. The number of nitrogens with one attached hydrogen (secondary N) is 1. The van der Waals surface area contributed by atoms with Crippen molar-refractivity contribution in [2.75, 3.05) is 4.90 Å². The van der Waals surface area contributed by atoms with Gasteiger partial charge in [-0.2, -0.15) is 0 Å². The molecule has 1 aliphatic rings. The Hall–Kier alpha value is -3.40. The highest BCUT2D eigenvalue weighted by Crippen LogP contribution is 2.36. The number of amides is 2. The standard InChI is InChI=1S/C27H28N2O2/c1-18-9-11-21(12-10-18)17-28-26(31)27(4)16-22-7-5-6-8-24(22)25(30)29(27)23-14-19(2)13-20(3)15-23/h5-15H,16-17H2,1-4H3,(H,28,31). The second kappa shape index (κ2) is 8.03. The van der Waals surface area contributed by atoms with Crippen LogP contribution in [0.2, 0.25) is 0 Å². The molecule has 158 valence electrons. The van der Waals surface area contributed by atoms with Crippen LogP contribution in [0.5, 0.6) is 0 Å². The average Bonchev–Trinajstić information content (AvgIpc) is 2.72. The lowest BCUT2D eigenvalue weighted by Gasteiger charge is -2.44. The molecule has 0 spiro atoms. The van der Waals surface area contributed by atoms with Gasteiger partial charge in [0.05, 0.1) is 0 Å². The molecule has 31 heavy (non-hydrogen) atoms. The maximum Gasteiger partial charge on any atom is 0.259 e.